The summed E-state index contributed by atoms with van der Waals surface area (Å²) in [7, 11) is -9.45. The van der Waals surface area contributed by atoms with Gasteiger partial charge in [0.2, 0.25) is 10.1 Å². The molecule has 3 aromatic carbocycles. The number of ether oxygens (including phenoxy) is 2. The van der Waals surface area contributed by atoms with Crippen molar-refractivity contribution in [3.8, 4) is 0 Å². The Hall–Kier alpha value is -2.40. The van der Waals surface area contributed by atoms with E-state index in [1.807, 2.05) is 13.8 Å². The Balaban J connectivity index is 0.00000361. The quantitative estimate of drug-likeness (QED) is 0.0521. The summed E-state index contributed by atoms with van der Waals surface area (Å²) >= 11 is 5.88. The number of aryl methyl sites for hydroxylation is 2. The number of hydrogen-bond acceptors (Lipinski definition) is 14. The third-order valence-electron chi connectivity index (χ3n) is 5.19. The second-order valence-corrected chi connectivity index (χ2v) is 13.8. The third-order valence-corrected chi connectivity index (χ3v) is 9.28. The summed E-state index contributed by atoms with van der Waals surface area (Å²) in [6, 6.07) is 18.0. The highest BCUT2D eigenvalue weighted by molar-refractivity contribution is 15.0. The first-order valence-electron chi connectivity index (χ1n) is 13.0. The normalized spacial score (nSPS) is 12.0. The van der Waals surface area contributed by atoms with E-state index in [0.29, 0.717) is 9.79 Å². The Morgan fingerprint density at radius 2 is 1.00 bits per heavy atom. The van der Waals surface area contributed by atoms with Crippen LogP contribution in [0.15, 0.2) is 103 Å². The fraction of sp³-hybridized carbons (Fsp3) is 0.214. The van der Waals surface area contributed by atoms with Gasteiger partial charge in [0.25, 0.3) is 0 Å². The molecule has 12 nitrogen and oxygen atoms in total. The number of benzene rings is 3. The van der Waals surface area contributed by atoms with Crippen LogP contribution in [0.1, 0.15) is 25.0 Å². The summed E-state index contributed by atoms with van der Waals surface area (Å²) in [6.45, 7) is 6.89. The predicted octanol–water partition coefficient (Wildman–Crippen LogP) is 6.82. The summed E-state index contributed by atoms with van der Waals surface area (Å²) in [6.07, 6.45) is 0. The van der Waals surface area contributed by atoms with Gasteiger partial charge in [0, 0.05) is 47.0 Å². The second-order valence-electron chi connectivity index (χ2n) is 8.60. The summed E-state index contributed by atoms with van der Waals surface area (Å²) in [5.74, 6) is -1.84. The van der Waals surface area contributed by atoms with Crippen LogP contribution in [0.2, 0.25) is 0 Å². The zero-order valence-corrected chi connectivity index (χ0v) is 32.3. The van der Waals surface area contributed by atoms with Gasteiger partial charge in [-0.25, -0.2) is 9.59 Å². The molecule has 0 unspecified atom stereocenters. The summed E-state index contributed by atoms with van der Waals surface area (Å²) in [5, 5.41) is 6.20. The van der Waals surface area contributed by atoms with Crippen molar-refractivity contribution in [2.75, 3.05) is 13.2 Å². The molecule has 0 aliphatic carbocycles. The number of nitrogens with zero attached hydrogens (tertiary/aromatic N) is 2. The van der Waals surface area contributed by atoms with Crippen LogP contribution < -0.4 is 0 Å². The highest BCUT2D eigenvalue weighted by atomic mass is 128. The Bertz CT molecular complexity index is 1640. The first kappa shape index (κ1) is 39.8. The van der Waals surface area contributed by atoms with E-state index in [1.165, 1.54) is 0 Å². The standard InChI is InChI=1S/C28H28N2O10S4.I2/c1-5-37-27(31)25(41-21-14-10-19(3)11-15-21)29-39-43(33,34)23-8-7-9-24(18-23)44(35,36)40-30-26(28(32)38-6-2)42-22-16-12-20(4)13-17-22;1-2/h7-18H,5-6H2,1-4H3;. The number of halogens is 2. The Kier molecular flexibility index (Phi) is 16.8. The average molecular weight is 935 g/mol. The number of esters is 2. The second kappa shape index (κ2) is 19.4. The molecule has 0 aromatic heterocycles. The molecule has 3 rings (SSSR count). The van der Waals surface area contributed by atoms with Gasteiger partial charge >= 0.3 is 32.2 Å². The predicted molar refractivity (Wildman–Crippen MR) is 193 cm³/mol. The molecule has 3 aromatic rings. The van der Waals surface area contributed by atoms with Gasteiger partial charge in [0.1, 0.15) is 9.79 Å². The molecule has 0 radical (unpaired) electrons. The fourth-order valence-corrected chi connectivity index (χ4v) is 6.20. The van der Waals surface area contributed by atoms with E-state index in [0.717, 1.165) is 58.9 Å². The van der Waals surface area contributed by atoms with E-state index in [-0.39, 0.29) is 13.2 Å². The highest BCUT2D eigenvalue weighted by Gasteiger charge is 2.25. The van der Waals surface area contributed by atoms with Crippen LogP contribution in [0.3, 0.4) is 0 Å². The Labute approximate surface area is 299 Å². The molecular formula is C28H28I2N2O10S4. The molecule has 0 atom stereocenters. The van der Waals surface area contributed by atoms with Crippen LogP contribution in [-0.4, -0.2) is 52.1 Å². The van der Waals surface area contributed by atoms with Crippen molar-refractivity contribution in [2.45, 2.75) is 47.3 Å². The maximum absolute atomic E-state index is 12.9. The summed E-state index contributed by atoms with van der Waals surface area (Å²) < 4.78 is 71.1. The molecule has 0 aliphatic rings. The van der Waals surface area contributed by atoms with Crippen molar-refractivity contribution < 1.29 is 44.5 Å². The molecule has 0 amide bonds. The Morgan fingerprint density at radius 3 is 1.33 bits per heavy atom. The van der Waals surface area contributed by atoms with Gasteiger partial charge in [-0.3, -0.25) is 8.57 Å². The summed E-state index contributed by atoms with van der Waals surface area (Å²) in [5.41, 5.74) is 1.93. The van der Waals surface area contributed by atoms with Crippen molar-refractivity contribution >= 4 is 103 Å². The lowest BCUT2D eigenvalue weighted by atomic mass is 10.2. The number of carbonyl (C=O) groups excluding carboxylic acids is 2. The first-order chi connectivity index (χ1) is 21.8. The number of thioether (sulfide) groups is 2. The van der Waals surface area contributed by atoms with Crippen LogP contribution in [0.4, 0.5) is 0 Å². The SMILES string of the molecule is CCOC(=O)C(=NOS(=O)(=O)c1cccc(S(=O)(=O)ON=C(Sc2ccc(C)cc2)C(=O)OCC)c1)Sc1ccc(C)cc1.II. The number of hydrogen-bond donors (Lipinski definition) is 0. The molecule has 0 spiro atoms. The van der Waals surface area contributed by atoms with E-state index in [1.54, 1.807) is 62.4 Å². The van der Waals surface area contributed by atoms with Crippen molar-refractivity contribution in [1.82, 2.24) is 0 Å². The largest absolute Gasteiger partial charge is 0.461 e. The molecule has 0 saturated carbocycles. The molecule has 248 valence electrons. The van der Waals surface area contributed by atoms with Crippen molar-refractivity contribution in [3.63, 3.8) is 0 Å². The van der Waals surface area contributed by atoms with Crippen molar-refractivity contribution in [3.05, 3.63) is 83.9 Å². The molecule has 0 bridgehead atoms. The minimum atomic E-state index is -4.72. The molecule has 0 fully saturated rings. The smallest absolute Gasteiger partial charge is 0.367 e. The zero-order valence-electron chi connectivity index (χ0n) is 24.7. The van der Waals surface area contributed by atoms with Gasteiger partial charge in [-0.2, -0.15) is 16.8 Å². The molecule has 18 heteroatoms. The van der Waals surface area contributed by atoms with Crippen molar-refractivity contribution in [1.29, 1.82) is 0 Å². The lowest BCUT2D eigenvalue weighted by Crippen LogP contribution is -2.16. The number of rotatable bonds is 10. The van der Waals surface area contributed by atoms with Gasteiger partial charge < -0.3 is 9.47 Å². The fourth-order valence-electron chi connectivity index (χ4n) is 3.05. The van der Waals surface area contributed by atoms with Gasteiger partial charge in [0.05, 0.1) is 13.2 Å². The zero-order chi connectivity index (χ0) is 34.3. The van der Waals surface area contributed by atoms with Crippen LogP contribution in [0, 0.1) is 13.8 Å². The van der Waals surface area contributed by atoms with Crippen LogP contribution >= 0.6 is 60.8 Å². The lowest BCUT2D eigenvalue weighted by molar-refractivity contribution is -0.135. The van der Waals surface area contributed by atoms with Gasteiger partial charge in [-0.1, -0.05) is 75.3 Å². The molecule has 0 aliphatic heterocycles. The molecule has 0 heterocycles. The maximum Gasteiger partial charge on any atom is 0.367 e. The monoisotopic (exact) mass is 934 g/mol. The topological polar surface area (TPSA) is 164 Å². The van der Waals surface area contributed by atoms with E-state index in [2.05, 4.69) is 47.5 Å². The van der Waals surface area contributed by atoms with Crippen LogP contribution in [-0.2, 0) is 47.9 Å². The molecular weight excluding hydrogens is 906 g/mol. The lowest BCUT2D eigenvalue weighted by Gasteiger charge is -2.08. The third kappa shape index (κ3) is 12.7. The average Bonchev–Trinajstić information content (AvgIpc) is 3.04. The van der Waals surface area contributed by atoms with Crippen molar-refractivity contribution in [2.24, 2.45) is 10.3 Å². The van der Waals surface area contributed by atoms with E-state index in [9.17, 15) is 26.4 Å². The summed E-state index contributed by atoms with van der Waals surface area (Å²) in [4.78, 5) is 24.7. The highest BCUT2D eigenvalue weighted by Crippen LogP contribution is 2.25. The molecule has 0 saturated heterocycles. The van der Waals surface area contributed by atoms with E-state index < -0.39 is 52.1 Å². The van der Waals surface area contributed by atoms with E-state index >= 15 is 0 Å². The molecule has 46 heavy (non-hydrogen) atoms. The van der Waals surface area contributed by atoms with E-state index in [4.69, 9.17) is 18.0 Å². The number of oxime groups is 2. The minimum absolute atomic E-state index is 0.00283. The van der Waals surface area contributed by atoms with Gasteiger partial charge in [0.15, 0.2) is 0 Å². The first-order valence-corrected chi connectivity index (χ1v) is 23.7. The molecule has 0 N–H and O–H groups in total. The minimum Gasteiger partial charge on any atom is -0.461 e. The number of carbonyl (C=O) groups is 2. The maximum atomic E-state index is 12.9. The Morgan fingerprint density at radius 1 is 0.652 bits per heavy atom. The van der Waals surface area contributed by atoms with Crippen LogP contribution in [0.25, 0.3) is 0 Å². The van der Waals surface area contributed by atoms with Gasteiger partial charge in [-0.15, -0.1) is 0 Å². The van der Waals surface area contributed by atoms with Gasteiger partial charge in [-0.05, 0) is 70.2 Å². The van der Waals surface area contributed by atoms with Crippen LogP contribution in [0.5, 0.6) is 0 Å².